The molecule has 39 heavy (non-hydrogen) atoms. The molecule has 5 nitrogen and oxygen atoms in total. The van der Waals surface area contributed by atoms with E-state index < -0.39 is 0 Å². The molecule has 4 heterocycles. The topological polar surface area (TPSA) is 16.2 Å². The van der Waals surface area contributed by atoms with Crippen LogP contribution in [0.3, 0.4) is 0 Å². The van der Waals surface area contributed by atoms with Crippen LogP contribution in [0.1, 0.15) is 0 Å². The summed E-state index contributed by atoms with van der Waals surface area (Å²) in [5.74, 6) is 0. The van der Waals surface area contributed by atoms with Crippen LogP contribution in [0.4, 0.5) is 22.7 Å². The molecule has 0 N–H and O–H groups in total. The molecule has 0 saturated carbocycles. The minimum atomic E-state index is -0.0571. The monoisotopic (exact) mass is 595 g/mol. The molecule has 0 bridgehead atoms. The standard InChI is InChI=1S/C32H24BN5.Pd/c1-34-15-17-36(21-34)23-11-13-25-27-7-3-5-9-31(27)38-32-10-6-4-8-28(32)26-14-12-24(37-18-16-35(2)22-37)20-30(26)33(38)29(25)19-23;/h3-18,21-22H,1-2H3;/q-4;. The van der Waals surface area contributed by atoms with E-state index in [0.717, 1.165) is 11.4 Å². The summed E-state index contributed by atoms with van der Waals surface area (Å²) in [7, 11) is 4.08. The summed E-state index contributed by atoms with van der Waals surface area (Å²) >= 11 is 0. The van der Waals surface area contributed by atoms with Crippen LogP contribution in [0, 0.1) is 25.5 Å². The van der Waals surface area contributed by atoms with Gasteiger partial charge in [0, 0.05) is 31.8 Å². The zero-order valence-electron chi connectivity index (χ0n) is 21.5. The van der Waals surface area contributed by atoms with Gasteiger partial charge in [0.25, 0.3) is 6.85 Å². The summed E-state index contributed by atoms with van der Waals surface area (Å²) in [6.07, 6.45) is 8.26. The maximum absolute atomic E-state index is 3.85. The van der Waals surface area contributed by atoms with Crippen LogP contribution in [0.25, 0.3) is 22.3 Å². The summed E-state index contributed by atoms with van der Waals surface area (Å²) in [5.41, 5.74) is 11.7. The van der Waals surface area contributed by atoms with Gasteiger partial charge in [-0.15, -0.1) is 34.6 Å². The summed E-state index contributed by atoms with van der Waals surface area (Å²) < 4.78 is 0. The van der Waals surface area contributed by atoms with Crippen molar-refractivity contribution >= 4 is 40.5 Å². The van der Waals surface area contributed by atoms with E-state index in [1.54, 1.807) is 0 Å². The average Bonchev–Trinajstić information content (AvgIpc) is 3.60. The van der Waals surface area contributed by atoms with Crippen molar-refractivity contribution in [3.05, 3.63) is 123 Å². The number of nitrogens with zero attached hydrogens (tertiary/aromatic N) is 5. The Morgan fingerprint density at radius 3 is 1.46 bits per heavy atom. The van der Waals surface area contributed by atoms with Gasteiger partial charge in [-0.2, -0.15) is 48.5 Å². The largest absolute Gasteiger partial charge is 0.510 e. The molecule has 0 fully saturated rings. The molecule has 4 aliphatic heterocycles. The van der Waals surface area contributed by atoms with Gasteiger partial charge in [-0.1, -0.05) is 47.5 Å². The third kappa shape index (κ3) is 3.65. The van der Waals surface area contributed by atoms with Gasteiger partial charge in [0.15, 0.2) is 0 Å². The second-order valence-electron chi connectivity index (χ2n) is 10.1. The van der Waals surface area contributed by atoms with Gasteiger partial charge < -0.3 is 24.4 Å². The molecule has 0 radical (unpaired) electrons. The van der Waals surface area contributed by atoms with E-state index in [1.165, 1.54) is 44.6 Å². The van der Waals surface area contributed by atoms with Crippen LogP contribution in [0.5, 0.6) is 0 Å². The van der Waals surface area contributed by atoms with Crippen LogP contribution >= 0.6 is 0 Å². The zero-order valence-corrected chi connectivity index (χ0v) is 23.1. The number of hydrogen-bond donors (Lipinski definition) is 0. The van der Waals surface area contributed by atoms with Gasteiger partial charge >= 0.3 is 0 Å². The molecule has 0 saturated heterocycles. The van der Waals surface area contributed by atoms with E-state index in [2.05, 4.69) is 147 Å². The molecule has 0 unspecified atom stereocenters. The third-order valence-corrected chi connectivity index (χ3v) is 7.73. The minimum Gasteiger partial charge on any atom is -0.510 e. The first-order chi connectivity index (χ1) is 18.7. The average molecular weight is 596 g/mol. The fourth-order valence-corrected chi connectivity index (χ4v) is 6.02. The minimum absolute atomic E-state index is 0. The molecule has 4 aromatic rings. The Balaban J connectivity index is 0.00000253. The quantitative estimate of drug-likeness (QED) is 0.242. The number of para-hydroxylation sites is 2. The SMILES string of the molecule is CN1C=CN(c2[c-]c3c(cc2)-c2ccccc2N2B3c3[c-]c(N4C=CN(C)[CH-]4)ccc3-c3ccccc32)[CH-]1.[Pd]. The summed E-state index contributed by atoms with van der Waals surface area (Å²) in [4.78, 5) is 10.9. The van der Waals surface area contributed by atoms with Crippen LogP contribution in [0.2, 0.25) is 0 Å². The number of benzene rings is 4. The summed E-state index contributed by atoms with van der Waals surface area (Å²) in [6.45, 7) is 4.10. The van der Waals surface area contributed by atoms with Crippen LogP contribution in [0.15, 0.2) is 97.6 Å². The Labute approximate surface area is 244 Å². The maximum atomic E-state index is 3.85. The predicted molar refractivity (Wildman–Crippen MR) is 156 cm³/mol. The molecule has 7 heteroatoms. The Hall–Kier alpha value is -3.91. The van der Waals surface area contributed by atoms with E-state index in [1.807, 2.05) is 14.1 Å². The van der Waals surface area contributed by atoms with E-state index in [9.17, 15) is 0 Å². The maximum Gasteiger partial charge on any atom is 0.278 e. The van der Waals surface area contributed by atoms with Crippen molar-refractivity contribution in [1.82, 2.24) is 9.80 Å². The fourth-order valence-electron chi connectivity index (χ4n) is 6.02. The molecule has 194 valence electrons. The molecule has 4 aromatic carbocycles. The Morgan fingerprint density at radius 1 is 0.564 bits per heavy atom. The van der Waals surface area contributed by atoms with Crippen LogP contribution in [-0.2, 0) is 20.4 Å². The smallest absolute Gasteiger partial charge is 0.278 e. The van der Waals surface area contributed by atoms with Gasteiger partial charge in [0.1, 0.15) is 0 Å². The number of rotatable bonds is 2. The predicted octanol–water partition coefficient (Wildman–Crippen LogP) is 4.87. The van der Waals surface area contributed by atoms with Crippen LogP contribution < -0.4 is 25.5 Å². The molecule has 0 aliphatic carbocycles. The first-order valence-electron chi connectivity index (χ1n) is 12.8. The van der Waals surface area contributed by atoms with Crippen LogP contribution in [-0.4, -0.2) is 30.7 Å². The number of hydrogen-bond acceptors (Lipinski definition) is 5. The molecule has 0 aromatic heterocycles. The van der Waals surface area contributed by atoms with Crippen molar-refractivity contribution in [2.24, 2.45) is 0 Å². The van der Waals surface area contributed by atoms with E-state index in [-0.39, 0.29) is 27.3 Å². The summed E-state index contributed by atoms with van der Waals surface area (Å²) in [6, 6.07) is 34.0. The molecule has 0 atom stereocenters. The normalized spacial score (nSPS) is 16.1. The zero-order chi connectivity index (χ0) is 25.4. The third-order valence-electron chi connectivity index (χ3n) is 7.73. The second kappa shape index (κ2) is 9.09. The van der Waals surface area contributed by atoms with E-state index >= 15 is 0 Å². The van der Waals surface area contributed by atoms with Gasteiger partial charge in [-0.05, 0) is 51.0 Å². The molecule has 8 rings (SSSR count). The number of anilines is 4. The van der Waals surface area contributed by atoms with Crippen molar-refractivity contribution < 1.29 is 20.4 Å². The van der Waals surface area contributed by atoms with Gasteiger partial charge in [-0.3, -0.25) is 0 Å². The number of fused-ring (bicyclic) bond motifs is 11. The van der Waals surface area contributed by atoms with Gasteiger partial charge in [0.2, 0.25) is 0 Å². The fraction of sp³-hybridized carbons (Fsp3) is 0.0625. The van der Waals surface area contributed by atoms with Crippen molar-refractivity contribution in [3.8, 4) is 22.3 Å². The molecular weight excluding hydrogens is 572 g/mol. The van der Waals surface area contributed by atoms with Gasteiger partial charge in [-0.25, -0.2) is 0 Å². The van der Waals surface area contributed by atoms with Gasteiger partial charge in [0.05, 0.1) is 0 Å². The van der Waals surface area contributed by atoms with E-state index in [0.29, 0.717) is 0 Å². The van der Waals surface area contributed by atoms with Crippen molar-refractivity contribution in [2.45, 2.75) is 0 Å². The molecule has 0 amide bonds. The molecule has 4 aliphatic rings. The van der Waals surface area contributed by atoms with Crippen molar-refractivity contribution in [1.29, 1.82) is 0 Å². The van der Waals surface area contributed by atoms with Crippen molar-refractivity contribution in [3.63, 3.8) is 0 Å². The Morgan fingerprint density at radius 2 is 1.03 bits per heavy atom. The first-order valence-corrected chi connectivity index (χ1v) is 12.8. The first kappa shape index (κ1) is 24.2. The van der Waals surface area contributed by atoms with Crippen molar-refractivity contribution in [2.75, 3.05) is 28.7 Å². The summed E-state index contributed by atoms with van der Waals surface area (Å²) in [5, 5.41) is 0. The molecular formula is C32H24BN5Pd-4. The van der Waals surface area contributed by atoms with E-state index in [4.69, 9.17) is 0 Å². The Kier molecular flexibility index (Phi) is 5.63. The Bertz CT molecular complexity index is 1550. The molecule has 0 spiro atoms. The second-order valence-corrected chi connectivity index (χ2v) is 10.1.